The van der Waals surface area contributed by atoms with Crippen LogP contribution < -0.4 is 10.2 Å². The van der Waals surface area contributed by atoms with Gasteiger partial charge < -0.3 is 5.32 Å². The van der Waals surface area contributed by atoms with Crippen LogP contribution in [-0.4, -0.2) is 11.8 Å². The molecular formula is C25H20Cl2N2O2. The maximum absolute atomic E-state index is 13.5. The van der Waals surface area contributed by atoms with Crippen molar-refractivity contribution in [2.24, 2.45) is 0 Å². The first-order valence-corrected chi connectivity index (χ1v) is 10.5. The molecule has 0 radical (unpaired) electrons. The van der Waals surface area contributed by atoms with E-state index in [2.05, 4.69) is 5.32 Å². The van der Waals surface area contributed by atoms with E-state index >= 15 is 0 Å². The monoisotopic (exact) mass is 450 g/mol. The molecule has 0 unspecified atom stereocenters. The molecule has 1 heterocycles. The molecule has 1 aliphatic rings. The van der Waals surface area contributed by atoms with Crippen molar-refractivity contribution >= 4 is 52.0 Å². The van der Waals surface area contributed by atoms with E-state index < -0.39 is 5.91 Å². The summed E-state index contributed by atoms with van der Waals surface area (Å²) in [4.78, 5) is 28.1. The van der Waals surface area contributed by atoms with Gasteiger partial charge >= 0.3 is 0 Å². The number of nitrogens with zero attached hydrogens (tertiary/aromatic N) is 1. The number of carbonyl (C=O) groups excluding carboxylic acids is 2. The zero-order valence-electron chi connectivity index (χ0n) is 17.3. The number of nitrogens with one attached hydrogen (secondary N) is 1. The van der Waals surface area contributed by atoms with Crippen molar-refractivity contribution in [1.29, 1.82) is 0 Å². The average molecular weight is 451 g/mol. The second-order valence-electron chi connectivity index (χ2n) is 7.56. The fraction of sp³-hybridized carbons (Fsp3) is 0.120. The summed E-state index contributed by atoms with van der Waals surface area (Å²) in [5, 5.41) is 4.32. The number of benzene rings is 3. The summed E-state index contributed by atoms with van der Waals surface area (Å²) in [5.41, 5.74) is 5.43. The van der Waals surface area contributed by atoms with E-state index in [1.54, 1.807) is 42.5 Å². The van der Waals surface area contributed by atoms with E-state index in [1.807, 2.05) is 39.0 Å². The van der Waals surface area contributed by atoms with E-state index in [0.29, 0.717) is 32.6 Å². The van der Waals surface area contributed by atoms with Crippen LogP contribution in [0.1, 0.15) is 22.3 Å². The standard InChI is InChI=1S/C25H20Cl2N2O2/c1-14-4-5-17(12-15(14)2)22-23(28-21-11-8-19(27)13-16(21)3)25(31)29(24(22)30)20-9-6-18(26)7-10-20/h4-13,28H,1-3H3. The van der Waals surface area contributed by atoms with Gasteiger partial charge in [0, 0.05) is 15.7 Å². The summed E-state index contributed by atoms with van der Waals surface area (Å²) in [7, 11) is 0. The lowest BCUT2D eigenvalue weighted by molar-refractivity contribution is -0.120. The van der Waals surface area contributed by atoms with Crippen LogP contribution in [0.5, 0.6) is 0 Å². The first-order valence-electron chi connectivity index (χ1n) is 9.75. The third-order valence-corrected chi connectivity index (χ3v) is 5.90. The fourth-order valence-corrected chi connectivity index (χ4v) is 3.89. The highest BCUT2D eigenvalue weighted by molar-refractivity contribution is 6.46. The molecule has 31 heavy (non-hydrogen) atoms. The van der Waals surface area contributed by atoms with Crippen LogP contribution in [0.25, 0.3) is 5.57 Å². The molecule has 1 N–H and O–H groups in total. The molecule has 4 rings (SSSR count). The molecule has 1 aliphatic heterocycles. The molecule has 0 atom stereocenters. The number of hydrogen-bond donors (Lipinski definition) is 1. The summed E-state index contributed by atoms with van der Waals surface area (Å²) in [6.07, 6.45) is 0. The van der Waals surface area contributed by atoms with Crippen LogP contribution in [0, 0.1) is 20.8 Å². The Balaban J connectivity index is 1.85. The summed E-state index contributed by atoms with van der Waals surface area (Å²) in [6, 6.07) is 17.7. The summed E-state index contributed by atoms with van der Waals surface area (Å²) in [6.45, 7) is 5.88. The van der Waals surface area contributed by atoms with Crippen LogP contribution in [0.2, 0.25) is 10.0 Å². The van der Waals surface area contributed by atoms with Gasteiger partial charge in [-0.1, -0.05) is 41.4 Å². The van der Waals surface area contributed by atoms with Crippen molar-refractivity contribution in [1.82, 2.24) is 0 Å². The Morgan fingerprint density at radius 2 is 1.39 bits per heavy atom. The molecule has 0 saturated heterocycles. The van der Waals surface area contributed by atoms with E-state index in [1.165, 1.54) is 4.90 Å². The van der Waals surface area contributed by atoms with Gasteiger partial charge in [-0.05, 0) is 85.5 Å². The minimum Gasteiger partial charge on any atom is -0.350 e. The highest BCUT2D eigenvalue weighted by Gasteiger charge is 2.40. The van der Waals surface area contributed by atoms with Crippen molar-refractivity contribution in [3.63, 3.8) is 0 Å². The van der Waals surface area contributed by atoms with E-state index in [4.69, 9.17) is 23.2 Å². The number of hydrogen-bond acceptors (Lipinski definition) is 3. The molecule has 2 amide bonds. The zero-order valence-corrected chi connectivity index (χ0v) is 18.8. The van der Waals surface area contributed by atoms with Crippen molar-refractivity contribution in [2.75, 3.05) is 10.2 Å². The third-order valence-electron chi connectivity index (χ3n) is 5.41. The minimum absolute atomic E-state index is 0.230. The predicted octanol–water partition coefficient (Wildman–Crippen LogP) is 6.32. The Hall–Kier alpha value is -3.08. The van der Waals surface area contributed by atoms with Gasteiger partial charge in [0.15, 0.2) is 0 Å². The Kier molecular flexibility index (Phi) is 5.61. The summed E-state index contributed by atoms with van der Waals surface area (Å²) in [5.74, 6) is -0.806. The largest absolute Gasteiger partial charge is 0.350 e. The number of carbonyl (C=O) groups is 2. The SMILES string of the molecule is Cc1ccc(C2=C(Nc3ccc(Cl)cc3C)C(=O)N(c3ccc(Cl)cc3)C2=O)cc1C. The highest BCUT2D eigenvalue weighted by Crippen LogP contribution is 2.35. The molecule has 156 valence electrons. The summed E-state index contributed by atoms with van der Waals surface area (Å²) < 4.78 is 0. The molecule has 0 aliphatic carbocycles. The lowest BCUT2D eigenvalue weighted by Crippen LogP contribution is -2.32. The Morgan fingerprint density at radius 1 is 0.710 bits per heavy atom. The summed E-state index contributed by atoms with van der Waals surface area (Å²) >= 11 is 12.1. The smallest absolute Gasteiger partial charge is 0.282 e. The van der Waals surface area contributed by atoms with Crippen molar-refractivity contribution < 1.29 is 9.59 Å². The molecule has 4 nitrogen and oxygen atoms in total. The highest BCUT2D eigenvalue weighted by atomic mass is 35.5. The molecule has 0 bridgehead atoms. The second kappa shape index (κ2) is 8.22. The van der Waals surface area contributed by atoms with Gasteiger partial charge in [0.25, 0.3) is 11.8 Å². The van der Waals surface area contributed by atoms with Crippen LogP contribution in [0.3, 0.4) is 0 Å². The van der Waals surface area contributed by atoms with Crippen molar-refractivity contribution in [3.05, 3.63) is 98.7 Å². The van der Waals surface area contributed by atoms with Gasteiger partial charge in [-0.25, -0.2) is 4.90 Å². The predicted molar refractivity (Wildman–Crippen MR) is 127 cm³/mol. The van der Waals surface area contributed by atoms with Crippen molar-refractivity contribution in [3.8, 4) is 0 Å². The Labute approximate surface area is 191 Å². The number of rotatable bonds is 4. The number of imide groups is 1. The lowest BCUT2D eigenvalue weighted by atomic mass is 9.99. The van der Waals surface area contributed by atoms with E-state index in [9.17, 15) is 9.59 Å². The Morgan fingerprint density at radius 3 is 2.03 bits per heavy atom. The molecule has 0 aromatic heterocycles. The number of halogens is 2. The molecule has 3 aromatic carbocycles. The fourth-order valence-electron chi connectivity index (χ4n) is 3.54. The number of anilines is 2. The van der Waals surface area contributed by atoms with Crippen LogP contribution in [0.15, 0.2) is 66.4 Å². The second-order valence-corrected chi connectivity index (χ2v) is 8.43. The molecule has 0 fully saturated rings. The van der Waals surface area contributed by atoms with Gasteiger partial charge in [0.1, 0.15) is 5.70 Å². The zero-order chi connectivity index (χ0) is 22.3. The minimum atomic E-state index is -0.421. The van der Waals surface area contributed by atoms with Crippen LogP contribution >= 0.6 is 23.2 Å². The normalized spacial score (nSPS) is 13.9. The quantitative estimate of drug-likeness (QED) is 0.473. The molecule has 6 heteroatoms. The third kappa shape index (κ3) is 3.97. The van der Waals surface area contributed by atoms with Gasteiger partial charge in [-0.3, -0.25) is 9.59 Å². The van der Waals surface area contributed by atoms with Crippen molar-refractivity contribution in [2.45, 2.75) is 20.8 Å². The van der Waals surface area contributed by atoms with Gasteiger partial charge in [0.2, 0.25) is 0 Å². The van der Waals surface area contributed by atoms with Gasteiger partial charge in [-0.15, -0.1) is 0 Å². The first kappa shape index (κ1) is 21.2. The maximum Gasteiger partial charge on any atom is 0.282 e. The topological polar surface area (TPSA) is 49.4 Å². The van der Waals surface area contributed by atoms with E-state index in [-0.39, 0.29) is 11.6 Å². The lowest BCUT2D eigenvalue weighted by Gasteiger charge is -2.16. The molecule has 0 saturated carbocycles. The maximum atomic E-state index is 13.5. The molecular weight excluding hydrogens is 431 g/mol. The van der Waals surface area contributed by atoms with E-state index in [0.717, 1.165) is 16.7 Å². The Bertz CT molecular complexity index is 1250. The first-order chi connectivity index (χ1) is 14.8. The van der Waals surface area contributed by atoms with Crippen LogP contribution in [0.4, 0.5) is 11.4 Å². The number of amides is 2. The number of aryl methyl sites for hydroxylation is 3. The van der Waals surface area contributed by atoms with Crippen LogP contribution in [-0.2, 0) is 9.59 Å². The molecule has 3 aromatic rings. The molecule has 0 spiro atoms. The van der Waals surface area contributed by atoms with Gasteiger partial charge in [0.05, 0.1) is 11.3 Å². The average Bonchev–Trinajstić information content (AvgIpc) is 2.97. The van der Waals surface area contributed by atoms with Gasteiger partial charge in [-0.2, -0.15) is 0 Å².